The largest absolute Gasteiger partial charge is 0.871 e. The van der Waals surface area contributed by atoms with Crippen molar-refractivity contribution in [1.82, 2.24) is 10.3 Å². The van der Waals surface area contributed by atoms with Crippen molar-refractivity contribution in [3.8, 4) is 11.5 Å². The van der Waals surface area contributed by atoms with E-state index in [0.717, 1.165) is 0 Å². The smallest absolute Gasteiger partial charge is 0.279 e. The lowest BCUT2D eigenvalue weighted by molar-refractivity contribution is -0.383. The van der Waals surface area contributed by atoms with Gasteiger partial charge in [0.25, 0.3) is 5.69 Å². The van der Waals surface area contributed by atoms with Crippen molar-refractivity contribution in [1.29, 1.82) is 0 Å². The molecule has 0 aliphatic carbocycles. The Bertz CT molecular complexity index is 1050. The normalized spacial score (nSPS) is 11.8. The monoisotopic (exact) mass is 380 g/mol. The molecule has 0 fully saturated rings. The number of carbonyl (C=O) groups is 1. The zero-order valence-electron chi connectivity index (χ0n) is 15.3. The molecule has 8 heteroatoms. The Morgan fingerprint density at radius 3 is 2.68 bits per heavy atom. The molecule has 0 saturated heterocycles. The predicted octanol–water partition coefficient (Wildman–Crippen LogP) is 2.84. The lowest BCUT2D eigenvalue weighted by Gasteiger charge is -2.26. The van der Waals surface area contributed by atoms with Crippen LogP contribution in [0.3, 0.4) is 0 Å². The van der Waals surface area contributed by atoms with E-state index < -0.39 is 16.7 Å². The molecule has 3 aromatic rings. The summed E-state index contributed by atoms with van der Waals surface area (Å²) in [5.41, 5.74) is 0.318. The number of aromatic nitrogens is 1. The number of hydrogen-bond acceptors (Lipinski definition) is 6. The summed E-state index contributed by atoms with van der Waals surface area (Å²) in [4.78, 5) is 27.2. The van der Waals surface area contributed by atoms with Gasteiger partial charge in [0.1, 0.15) is 5.75 Å². The number of nitro groups is 1. The van der Waals surface area contributed by atoms with Gasteiger partial charge in [0.2, 0.25) is 5.91 Å². The Hall–Kier alpha value is -3.68. The van der Waals surface area contributed by atoms with Gasteiger partial charge in [-0.05, 0) is 23.8 Å². The minimum atomic E-state index is -0.916. The molecule has 144 valence electrons. The van der Waals surface area contributed by atoms with E-state index in [1.165, 1.54) is 31.5 Å². The number of methoxy groups -OCH3 is 1. The van der Waals surface area contributed by atoms with Crippen LogP contribution in [0.15, 0.2) is 48.7 Å². The van der Waals surface area contributed by atoms with Crippen molar-refractivity contribution < 1.29 is 19.6 Å². The molecule has 1 atom stereocenters. The van der Waals surface area contributed by atoms with Gasteiger partial charge in [-0.25, -0.2) is 0 Å². The van der Waals surface area contributed by atoms with E-state index in [4.69, 9.17) is 4.74 Å². The fourth-order valence-corrected chi connectivity index (χ4v) is 3.08. The van der Waals surface area contributed by atoms with Crippen molar-refractivity contribution >= 4 is 22.5 Å². The maximum absolute atomic E-state index is 13.1. The van der Waals surface area contributed by atoms with Gasteiger partial charge in [0.05, 0.1) is 29.0 Å². The van der Waals surface area contributed by atoms with E-state index >= 15 is 0 Å². The second-order valence-corrected chi connectivity index (χ2v) is 6.07. The van der Waals surface area contributed by atoms with Gasteiger partial charge in [0, 0.05) is 24.2 Å². The lowest BCUT2D eigenvalue weighted by atomic mass is 9.94. The third-order valence-corrected chi connectivity index (χ3v) is 4.44. The molecule has 0 radical (unpaired) electrons. The Morgan fingerprint density at radius 2 is 2.00 bits per heavy atom. The molecule has 0 saturated carbocycles. The Kier molecular flexibility index (Phi) is 5.39. The first-order valence-corrected chi connectivity index (χ1v) is 8.63. The number of pyridine rings is 1. The van der Waals surface area contributed by atoms with Crippen LogP contribution >= 0.6 is 0 Å². The third kappa shape index (κ3) is 3.44. The first-order valence-electron chi connectivity index (χ1n) is 8.63. The van der Waals surface area contributed by atoms with Crippen LogP contribution in [0.1, 0.15) is 30.5 Å². The highest BCUT2D eigenvalue weighted by molar-refractivity contribution is 5.93. The zero-order chi connectivity index (χ0) is 20.3. The molecule has 0 aliphatic rings. The van der Waals surface area contributed by atoms with Crippen molar-refractivity contribution in [3.05, 3.63) is 69.9 Å². The number of nitrogens with zero attached hydrogens (tertiary/aromatic N) is 2. The van der Waals surface area contributed by atoms with Crippen LogP contribution < -0.4 is 15.2 Å². The molecule has 28 heavy (non-hydrogen) atoms. The Balaban J connectivity index is 2.31. The Labute approximate surface area is 160 Å². The lowest BCUT2D eigenvalue weighted by Crippen LogP contribution is -2.29. The number of non-ortho nitro benzene ring substituents is 1. The van der Waals surface area contributed by atoms with Gasteiger partial charge in [-0.15, -0.1) is 0 Å². The second-order valence-electron chi connectivity index (χ2n) is 6.07. The minimum absolute atomic E-state index is 0.0163. The van der Waals surface area contributed by atoms with Gasteiger partial charge in [0.15, 0.2) is 0 Å². The highest BCUT2D eigenvalue weighted by Gasteiger charge is 2.25. The molecule has 8 nitrogen and oxygen atoms in total. The van der Waals surface area contributed by atoms with E-state index in [0.29, 0.717) is 11.3 Å². The van der Waals surface area contributed by atoms with Crippen molar-refractivity contribution in [3.63, 3.8) is 0 Å². The van der Waals surface area contributed by atoms with E-state index in [-0.39, 0.29) is 34.5 Å². The number of nitrogens with one attached hydrogen (secondary N) is 1. The summed E-state index contributed by atoms with van der Waals surface area (Å²) in [5.74, 6) is -0.334. The maximum atomic E-state index is 13.1. The van der Waals surface area contributed by atoms with Gasteiger partial charge in [-0.1, -0.05) is 30.9 Å². The molecule has 0 spiro atoms. The number of rotatable bonds is 6. The standard InChI is InChI=1S/C20H19N3O5/c1-3-17(24)22-18(13-7-4-5-9-16(13)28-2)14-11-15(23(26)27)12-8-6-10-21-19(12)20(14)25/h4-11,18,25H,3H2,1-2H3,(H,22,24)/p-1/t18-/m1/s1. The summed E-state index contributed by atoms with van der Waals surface area (Å²) in [6.07, 6.45) is 1.59. The number of para-hydroxylation sites is 1. The van der Waals surface area contributed by atoms with Gasteiger partial charge in [-0.3, -0.25) is 19.9 Å². The SMILES string of the molecule is CCC(=O)N[C@H](c1ccccc1OC)c1cc([N+](=O)[O-])c2cccnc2c1[O-]. The van der Waals surface area contributed by atoms with Crippen LogP contribution in [-0.2, 0) is 4.79 Å². The van der Waals surface area contributed by atoms with Crippen LogP contribution in [0, 0.1) is 10.1 Å². The van der Waals surface area contributed by atoms with E-state index in [9.17, 15) is 20.0 Å². The number of carbonyl (C=O) groups excluding carboxylic acids is 1. The van der Waals surface area contributed by atoms with E-state index in [1.807, 2.05) is 0 Å². The number of amides is 1. The zero-order valence-corrected chi connectivity index (χ0v) is 15.3. The predicted molar refractivity (Wildman–Crippen MR) is 101 cm³/mol. The topological polar surface area (TPSA) is 117 Å². The van der Waals surface area contributed by atoms with Crippen LogP contribution in [0.2, 0.25) is 0 Å². The van der Waals surface area contributed by atoms with Crippen LogP contribution in [0.5, 0.6) is 11.5 Å². The van der Waals surface area contributed by atoms with Crippen LogP contribution in [0.4, 0.5) is 5.69 Å². The fourth-order valence-electron chi connectivity index (χ4n) is 3.08. The second kappa shape index (κ2) is 7.91. The highest BCUT2D eigenvalue weighted by atomic mass is 16.6. The quantitative estimate of drug-likeness (QED) is 0.519. The highest BCUT2D eigenvalue weighted by Crippen LogP contribution is 2.40. The molecule has 1 amide bonds. The molecular weight excluding hydrogens is 362 g/mol. The van der Waals surface area contributed by atoms with Gasteiger partial charge in [-0.2, -0.15) is 0 Å². The molecule has 3 rings (SSSR count). The van der Waals surface area contributed by atoms with Crippen LogP contribution in [0.25, 0.3) is 10.9 Å². The molecule has 1 aromatic heterocycles. The molecule has 2 aromatic carbocycles. The molecule has 0 aliphatic heterocycles. The van der Waals surface area contributed by atoms with Gasteiger partial charge < -0.3 is 15.2 Å². The molecular formula is C20H18N3O5-. The molecule has 0 bridgehead atoms. The summed E-state index contributed by atoms with van der Waals surface area (Å²) in [6.45, 7) is 1.68. The summed E-state index contributed by atoms with van der Waals surface area (Å²) in [5, 5.41) is 27.6. The fraction of sp³-hybridized carbons (Fsp3) is 0.200. The first kappa shape index (κ1) is 19.1. The summed E-state index contributed by atoms with van der Waals surface area (Å²) in [7, 11) is 1.47. The van der Waals surface area contributed by atoms with Crippen molar-refractivity contribution in [2.75, 3.05) is 7.11 Å². The average molecular weight is 380 g/mol. The number of nitro benzene ring substituents is 1. The molecule has 1 heterocycles. The summed E-state index contributed by atoms with van der Waals surface area (Å²) in [6, 6.07) is 10.2. The Morgan fingerprint density at radius 1 is 1.25 bits per heavy atom. The minimum Gasteiger partial charge on any atom is -0.871 e. The maximum Gasteiger partial charge on any atom is 0.279 e. The molecule has 1 N–H and O–H groups in total. The van der Waals surface area contributed by atoms with Crippen LogP contribution in [-0.4, -0.2) is 22.9 Å². The van der Waals surface area contributed by atoms with E-state index in [2.05, 4.69) is 10.3 Å². The number of hydrogen-bond donors (Lipinski definition) is 1. The summed E-state index contributed by atoms with van der Waals surface area (Å²) >= 11 is 0. The number of benzene rings is 2. The van der Waals surface area contributed by atoms with Crippen molar-refractivity contribution in [2.24, 2.45) is 0 Å². The number of ether oxygens (including phenoxy) is 1. The first-order chi connectivity index (χ1) is 13.5. The van der Waals surface area contributed by atoms with Gasteiger partial charge >= 0.3 is 0 Å². The number of fused-ring (bicyclic) bond motifs is 1. The van der Waals surface area contributed by atoms with Crippen molar-refractivity contribution in [2.45, 2.75) is 19.4 Å². The summed E-state index contributed by atoms with van der Waals surface area (Å²) < 4.78 is 5.37. The van der Waals surface area contributed by atoms with E-state index in [1.54, 1.807) is 31.2 Å². The molecule has 0 unspecified atom stereocenters. The third-order valence-electron chi connectivity index (χ3n) is 4.44. The average Bonchev–Trinajstić information content (AvgIpc) is 2.72.